The molecule has 122 valence electrons. The second-order valence-corrected chi connectivity index (χ2v) is 6.98. The molecule has 5 nitrogen and oxygen atoms in total. The van der Waals surface area contributed by atoms with Crippen molar-refractivity contribution in [1.82, 2.24) is 15.1 Å². The summed E-state index contributed by atoms with van der Waals surface area (Å²) in [5.74, 6) is 0.227. The van der Waals surface area contributed by atoms with E-state index in [1.54, 1.807) is 11.3 Å². The van der Waals surface area contributed by atoms with E-state index in [0.29, 0.717) is 6.42 Å². The van der Waals surface area contributed by atoms with Crippen molar-refractivity contribution in [3.05, 3.63) is 39.9 Å². The summed E-state index contributed by atoms with van der Waals surface area (Å²) >= 11 is 7.53. The van der Waals surface area contributed by atoms with Gasteiger partial charge in [-0.05, 0) is 17.7 Å². The highest BCUT2D eigenvalue weighted by atomic mass is 35.5. The Hall–Kier alpha value is -1.66. The molecule has 2 heterocycles. The number of benzene rings is 1. The molecule has 0 saturated carbocycles. The molecule has 0 unspecified atom stereocenters. The van der Waals surface area contributed by atoms with Crippen LogP contribution in [0.3, 0.4) is 0 Å². The number of amides is 1. The second kappa shape index (κ2) is 7.27. The molecule has 2 aromatic rings. The van der Waals surface area contributed by atoms with E-state index in [1.165, 1.54) is 5.56 Å². The van der Waals surface area contributed by atoms with Crippen LogP contribution in [0.2, 0.25) is 5.02 Å². The zero-order valence-electron chi connectivity index (χ0n) is 13.0. The number of halogens is 1. The first kappa shape index (κ1) is 16.2. The summed E-state index contributed by atoms with van der Waals surface area (Å²) < 4.78 is 0. The fourth-order valence-electron chi connectivity index (χ4n) is 2.59. The number of carbonyl (C=O) groups is 1. The van der Waals surface area contributed by atoms with Crippen LogP contribution in [0.1, 0.15) is 23.9 Å². The minimum Gasteiger partial charge on any atom is -0.343 e. The van der Waals surface area contributed by atoms with Gasteiger partial charge in [-0.15, -0.1) is 10.2 Å². The molecule has 0 atom stereocenters. The third-order valence-corrected chi connectivity index (χ3v) is 5.17. The first-order valence-electron chi connectivity index (χ1n) is 7.75. The molecule has 1 fully saturated rings. The van der Waals surface area contributed by atoms with E-state index in [4.69, 9.17) is 11.6 Å². The normalized spacial score (nSPS) is 15.0. The van der Waals surface area contributed by atoms with E-state index in [9.17, 15) is 4.79 Å². The zero-order chi connectivity index (χ0) is 16.2. The Morgan fingerprint density at radius 2 is 1.87 bits per heavy atom. The monoisotopic (exact) mass is 350 g/mol. The molecule has 0 radical (unpaired) electrons. The van der Waals surface area contributed by atoms with E-state index in [2.05, 4.69) is 15.1 Å². The third-order valence-electron chi connectivity index (χ3n) is 3.93. The number of piperazine rings is 1. The first-order valence-corrected chi connectivity index (χ1v) is 8.94. The molecular formula is C16H19ClN4OS. The van der Waals surface area contributed by atoms with Gasteiger partial charge in [0.15, 0.2) is 0 Å². The number of hydrogen-bond donors (Lipinski definition) is 0. The van der Waals surface area contributed by atoms with Gasteiger partial charge in [0.1, 0.15) is 5.01 Å². The van der Waals surface area contributed by atoms with Crippen molar-refractivity contribution in [3.63, 3.8) is 0 Å². The molecular weight excluding hydrogens is 332 g/mol. The van der Waals surface area contributed by atoms with Crippen LogP contribution in [0, 0.1) is 0 Å². The van der Waals surface area contributed by atoms with Crippen LogP contribution in [0.4, 0.5) is 5.13 Å². The highest BCUT2D eigenvalue weighted by Gasteiger charge is 2.22. The molecule has 1 aliphatic heterocycles. The predicted molar refractivity (Wildman–Crippen MR) is 93.3 cm³/mol. The number of anilines is 1. The van der Waals surface area contributed by atoms with Crippen molar-refractivity contribution < 1.29 is 4.79 Å². The highest BCUT2D eigenvalue weighted by Crippen LogP contribution is 2.24. The van der Waals surface area contributed by atoms with Gasteiger partial charge in [-0.2, -0.15) is 0 Å². The molecule has 1 aromatic heterocycles. The largest absolute Gasteiger partial charge is 0.343 e. The number of carbonyl (C=O) groups excluding carboxylic acids is 1. The molecule has 0 bridgehead atoms. The third kappa shape index (κ3) is 4.00. The Kier molecular flexibility index (Phi) is 5.13. The summed E-state index contributed by atoms with van der Waals surface area (Å²) in [6.07, 6.45) is 1.34. The van der Waals surface area contributed by atoms with E-state index in [0.717, 1.165) is 47.8 Å². The van der Waals surface area contributed by atoms with Crippen LogP contribution >= 0.6 is 22.9 Å². The smallest absolute Gasteiger partial charge is 0.222 e. The van der Waals surface area contributed by atoms with Gasteiger partial charge in [-0.3, -0.25) is 4.79 Å². The molecule has 7 heteroatoms. The van der Waals surface area contributed by atoms with Crippen molar-refractivity contribution in [3.8, 4) is 0 Å². The zero-order valence-corrected chi connectivity index (χ0v) is 14.6. The molecule has 23 heavy (non-hydrogen) atoms. The van der Waals surface area contributed by atoms with Crippen molar-refractivity contribution in [2.75, 3.05) is 31.1 Å². The maximum atomic E-state index is 11.7. The highest BCUT2D eigenvalue weighted by molar-refractivity contribution is 7.15. The number of hydrogen-bond acceptors (Lipinski definition) is 5. The van der Waals surface area contributed by atoms with E-state index in [1.807, 2.05) is 36.1 Å². The summed E-state index contributed by atoms with van der Waals surface area (Å²) in [4.78, 5) is 15.8. The fourth-order valence-corrected chi connectivity index (χ4v) is 3.64. The van der Waals surface area contributed by atoms with Crippen LogP contribution in [0.5, 0.6) is 0 Å². The van der Waals surface area contributed by atoms with Crippen molar-refractivity contribution in [2.45, 2.75) is 19.8 Å². The maximum Gasteiger partial charge on any atom is 0.222 e. The van der Waals surface area contributed by atoms with Crippen LogP contribution < -0.4 is 4.90 Å². The maximum absolute atomic E-state index is 11.7. The lowest BCUT2D eigenvalue weighted by atomic mass is 10.2. The molecule has 0 spiro atoms. The molecule has 3 rings (SSSR count). The lowest BCUT2D eigenvalue weighted by molar-refractivity contribution is -0.131. The summed E-state index contributed by atoms with van der Waals surface area (Å²) in [6.45, 7) is 5.07. The van der Waals surface area contributed by atoms with Gasteiger partial charge in [-0.25, -0.2) is 0 Å². The van der Waals surface area contributed by atoms with E-state index < -0.39 is 0 Å². The van der Waals surface area contributed by atoms with Gasteiger partial charge in [0.25, 0.3) is 0 Å². The van der Waals surface area contributed by atoms with Crippen molar-refractivity contribution in [1.29, 1.82) is 0 Å². The predicted octanol–water partition coefficient (Wildman–Crippen LogP) is 2.84. The van der Waals surface area contributed by atoms with Gasteiger partial charge in [-0.1, -0.05) is 42.0 Å². The molecule has 1 saturated heterocycles. The Labute approximate surface area is 144 Å². The first-order chi connectivity index (χ1) is 11.2. The topological polar surface area (TPSA) is 49.3 Å². The average Bonchev–Trinajstić information content (AvgIpc) is 3.05. The van der Waals surface area contributed by atoms with E-state index in [-0.39, 0.29) is 5.91 Å². The Balaban J connectivity index is 1.59. The van der Waals surface area contributed by atoms with E-state index >= 15 is 0 Å². The molecule has 1 aromatic carbocycles. The lowest BCUT2D eigenvalue weighted by Gasteiger charge is -2.34. The molecule has 0 N–H and O–H groups in total. The van der Waals surface area contributed by atoms with Gasteiger partial charge in [0.05, 0.1) is 0 Å². The number of rotatable bonds is 4. The summed E-state index contributed by atoms with van der Waals surface area (Å²) in [5, 5.41) is 11.3. The minimum absolute atomic E-state index is 0.227. The quantitative estimate of drug-likeness (QED) is 0.850. The van der Waals surface area contributed by atoms with Gasteiger partial charge in [0.2, 0.25) is 11.0 Å². The molecule has 1 aliphatic rings. The summed E-state index contributed by atoms with van der Waals surface area (Å²) in [7, 11) is 0. The Morgan fingerprint density at radius 3 is 2.52 bits per heavy atom. The van der Waals surface area contributed by atoms with Crippen molar-refractivity contribution >= 4 is 34.0 Å². The van der Waals surface area contributed by atoms with Crippen LogP contribution in [0.15, 0.2) is 24.3 Å². The Morgan fingerprint density at radius 1 is 1.17 bits per heavy atom. The SMILES string of the molecule is CCC(=O)N1CCN(c2nnc(Cc3ccc(Cl)cc3)s2)CC1. The average molecular weight is 351 g/mol. The van der Waals surface area contributed by atoms with Crippen LogP contribution in [-0.2, 0) is 11.2 Å². The van der Waals surface area contributed by atoms with Gasteiger partial charge in [0, 0.05) is 44.0 Å². The second-order valence-electron chi connectivity index (χ2n) is 5.50. The van der Waals surface area contributed by atoms with Crippen LogP contribution in [-0.4, -0.2) is 47.2 Å². The number of nitrogens with zero attached hydrogens (tertiary/aromatic N) is 4. The minimum atomic E-state index is 0.227. The standard InChI is InChI=1S/C16H19ClN4OS/c1-2-15(22)20-7-9-21(10-8-20)16-19-18-14(23-16)11-12-3-5-13(17)6-4-12/h3-6H,2,7-11H2,1H3. The van der Waals surface area contributed by atoms with Gasteiger partial charge < -0.3 is 9.80 Å². The fraction of sp³-hybridized carbons (Fsp3) is 0.438. The summed E-state index contributed by atoms with van der Waals surface area (Å²) in [6, 6.07) is 7.81. The molecule has 0 aliphatic carbocycles. The Bertz CT molecular complexity index is 665. The number of aromatic nitrogens is 2. The summed E-state index contributed by atoms with van der Waals surface area (Å²) in [5.41, 5.74) is 1.18. The lowest BCUT2D eigenvalue weighted by Crippen LogP contribution is -2.48. The van der Waals surface area contributed by atoms with Gasteiger partial charge >= 0.3 is 0 Å². The van der Waals surface area contributed by atoms with Crippen LogP contribution in [0.25, 0.3) is 0 Å². The van der Waals surface area contributed by atoms with Crippen molar-refractivity contribution in [2.24, 2.45) is 0 Å². The molecule has 1 amide bonds.